The van der Waals surface area contributed by atoms with Gasteiger partial charge in [0, 0.05) is 12.5 Å². The van der Waals surface area contributed by atoms with Crippen LogP contribution in [0.3, 0.4) is 0 Å². The zero-order valence-electron chi connectivity index (χ0n) is 12.3. The number of nitrogens with one attached hydrogen (secondary N) is 2. The monoisotopic (exact) mass is 285 g/mol. The number of H-pyrrole nitrogens is 1. The Hall–Kier alpha value is -2.21. The van der Waals surface area contributed by atoms with Gasteiger partial charge in [-0.25, -0.2) is 4.98 Å². The van der Waals surface area contributed by atoms with Gasteiger partial charge in [-0.05, 0) is 18.7 Å². The Morgan fingerprint density at radius 2 is 2.14 bits per heavy atom. The summed E-state index contributed by atoms with van der Waals surface area (Å²) >= 11 is 0. The number of para-hydroxylation sites is 2. The van der Waals surface area contributed by atoms with Gasteiger partial charge in [-0.15, -0.1) is 0 Å². The SMILES string of the molecule is CCNCC(C)c1nc(Cc2nc3ccccc3[nH]2)no1. The molecule has 110 valence electrons. The maximum Gasteiger partial charge on any atom is 0.230 e. The zero-order valence-corrected chi connectivity index (χ0v) is 12.3. The lowest BCUT2D eigenvalue weighted by Crippen LogP contribution is -2.19. The topological polar surface area (TPSA) is 79.6 Å². The van der Waals surface area contributed by atoms with Gasteiger partial charge in [-0.3, -0.25) is 0 Å². The highest BCUT2D eigenvalue weighted by Crippen LogP contribution is 2.15. The molecule has 0 radical (unpaired) electrons. The number of aromatic nitrogens is 4. The molecule has 2 heterocycles. The van der Waals surface area contributed by atoms with Crippen molar-refractivity contribution < 1.29 is 4.52 Å². The van der Waals surface area contributed by atoms with E-state index in [2.05, 4.69) is 39.3 Å². The van der Waals surface area contributed by atoms with Gasteiger partial charge in [-0.1, -0.05) is 31.1 Å². The molecule has 1 aromatic carbocycles. The summed E-state index contributed by atoms with van der Waals surface area (Å²) in [5, 5.41) is 7.31. The summed E-state index contributed by atoms with van der Waals surface area (Å²) in [5.41, 5.74) is 1.98. The van der Waals surface area contributed by atoms with Crippen LogP contribution in [0.25, 0.3) is 11.0 Å². The average molecular weight is 285 g/mol. The summed E-state index contributed by atoms with van der Waals surface area (Å²) in [6.45, 7) is 5.92. The molecule has 21 heavy (non-hydrogen) atoms. The van der Waals surface area contributed by atoms with E-state index < -0.39 is 0 Å². The predicted molar refractivity (Wildman–Crippen MR) is 80.2 cm³/mol. The van der Waals surface area contributed by atoms with Crippen molar-refractivity contribution in [1.29, 1.82) is 0 Å². The Kier molecular flexibility index (Phi) is 3.96. The fourth-order valence-electron chi connectivity index (χ4n) is 2.23. The van der Waals surface area contributed by atoms with Crippen molar-refractivity contribution in [3.8, 4) is 0 Å². The minimum atomic E-state index is 0.210. The maximum absolute atomic E-state index is 5.33. The standard InChI is InChI=1S/C15H19N5O/c1-3-16-9-10(2)15-19-14(20-21-15)8-13-17-11-6-4-5-7-12(11)18-13/h4-7,10,16H,3,8-9H2,1-2H3,(H,17,18). The van der Waals surface area contributed by atoms with Gasteiger partial charge in [0.2, 0.25) is 5.89 Å². The number of rotatable bonds is 6. The van der Waals surface area contributed by atoms with Gasteiger partial charge in [-0.2, -0.15) is 4.98 Å². The highest BCUT2D eigenvalue weighted by Gasteiger charge is 2.15. The van der Waals surface area contributed by atoms with Crippen LogP contribution in [-0.4, -0.2) is 33.2 Å². The van der Waals surface area contributed by atoms with Crippen LogP contribution < -0.4 is 5.32 Å². The molecule has 0 bridgehead atoms. The molecule has 0 saturated carbocycles. The van der Waals surface area contributed by atoms with Gasteiger partial charge in [0.15, 0.2) is 5.82 Å². The second kappa shape index (κ2) is 6.05. The molecule has 1 unspecified atom stereocenters. The van der Waals surface area contributed by atoms with E-state index in [1.54, 1.807) is 0 Å². The van der Waals surface area contributed by atoms with E-state index in [9.17, 15) is 0 Å². The number of nitrogens with zero attached hydrogens (tertiary/aromatic N) is 3. The third-order valence-electron chi connectivity index (χ3n) is 3.37. The highest BCUT2D eigenvalue weighted by atomic mass is 16.5. The summed E-state index contributed by atoms with van der Waals surface area (Å²) in [4.78, 5) is 12.2. The largest absolute Gasteiger partial charge is 0.342 e. The van der Waals surface area contributed by atoms with E-state index in [4.69, 9.17) is 4.52 Å². The molecule has 2 aromatic heterocycles. The summed E-state index contributed by atoms with van der Waals surface area (Å²) in [6, 6.07) is 7.95. The summed E-state index contributed by atoms with van der Waals surface area (Å²) in [6.07, 6.45) is 0.548. The number of fused-ring (bicyclic) bond motifs is 1. The lowest BCUT2D eigenvalue weighted by atomic mass is 10.2. The minimum absolute atomic E-state index is 0.210. The lowest BCUT2D eigenvalue weighted by molar-refractivity contribution is 0.351. The molecule has 6 heteroatoms. The van der Waals surface area contributed by atoms with E-state index in [-0.39, 0.29) is 5.92 Å². The van der Waals surface area contributed by atoms with Crippen LogP contribution in [0, 0.1) is 0 Å². The predicted octanol–water partition coefficient (Wildman–Crippen LogP) is 2.25. The molecule has 3 rings (SSSR count). The third kappa shape index (κ3) is 3.11. The maximum atomic E-state index is 5.33. The van der Waals surface area contributed by atoms with Crippen molar-refractivity contribution in [2.45, 2.75) is 26.2 Å². The van der Waals surface area contributed by atoms with Crippen LogP contribution in [0.4, 0.5) is 0 Å². The normalized spacial score (nSPS) is 12.9. The fraction of sp³-hybridized carbons (Fsp3) is 0.400. The number of likely N-dealkylation sites (N-methyl/N-ethyl adjacent to an activating group) is 1. The molecule has 6 nitrogen and oxygen atoms in total. The zero-order chi connectivity index (χ0) is 14.7. The minimum Gasteiger partial charge on any atom is -0.342 e. The average Bonchev–Trinajstić information content (AvgIpc) is 3.11. The van der Waals surface area contributed by atoms with Crippen LogP contribution in [0.5, 0.6) is 0 Å². The molecule has 0 aliphatic rings. The van der Waals surface area contributed by atoms with E-state index in [0.29, 0.717) is 18.1 Å². The van der Waals surface area contributed by atoms with Crippen molar-refractivity contribution in [3.63, 3.8) is 0 Å². The van der Waals surface area contributed by atoms with Crippen LogP contribution in [-0.2, 0) is 6.42 Å². The molecule has 0 saturated heterocycles. The first-order valence-corrected chi connectivity index (χ1v) is 7.23. The van der Waals surface area contributed by atoms with Gasteiger partial charge < -0.3 is 14.8 Å². The second-order valence-corrected chi connectivity index (χ2v) is 5.13. The molecule has 0 fully saturated rings. The second-order valence-electron chi connectivity index (χ2n) is 5.13. The fourth-order valence-corrected chi connectivity index (χ4v) is 2.23. The number of imidazole rings is 1. The van der Waals surface area contributed by atoms with Crippen molar-refractivity contribution in [2.75, 3.05) is 13.1 Å². The molecule has 0 amide bonds. The first kappa shape index (κ1) is 13.8. The highest BCUT2D eigenvalue weighted by molar-refractivity contribution is 5.74. The van der Waals surface area contributed by atoms with Crippen LogP contribution in [0.1, 0.15) is 37.3 Å². The third-order valence-corrected chi connectivity index (χ3v) is 3.37. The van der Waals surface area contributed by atoms with Crippen LogP contribution in [0.2, 0.25) is 0 Å². The smallest absolute Gasteiger partial charge is 0.230 e. The molecular weight excluding hydrogens is 266 g/mol. The first-order valence-electron chi connectivity index (χ1n) is 7.23. The van der Waals surface area contributed by atoms with E-state index >= 15 is 0 Å². The van der Waals surface area contributed by atoms with Gasteiger partial charge >= 0.3 is 0 Å². The first-order chi connectivity index (χ1) is 10.3. The number of hydrogen-bond acceptors (Lipinski definition) is 5. The molecule has 0 spiro atoms. The van der Waals surface area contributed by atoms with Gasteiger partial charge in [0.1, 0.15) is 5.82 Å². The van der Waals surface area contributed by atoms with Crippen molar-refractivity contribution in [2.24, 2.45) is 0 Å². The van der Waals surface area contributed by atoms with Crippen LogP contribution in [0.15, 0.2) is 28.8 Å². The molecule has 0 aliphatic carbocycles. The Labute approximate surface area is 123 Å². The molecular formula is C15H19N5O. The summed E-state index contributed by atoms with van der Waals surface area (Å²) in [5.74, 6) is 2.39. The van der Waals surface area contributed by atoms with Gasteiger partial charge in [0.05, 0.1) is 17.5 Å². The van der Waals surface area contributed by atoms with Gasteiger partial charge in [0.25, 0.3) is 0 Å². The van der Waals surface area contributed by atoms with Crippen molar-refractivity contribution in [3.05, 3.63) is 41.8 Å². The van der Waals surface area contributed by atoms with Crippen molar-refractivity contribution in [1.82, 2.24) is 25.4 Å². The summed E-state index contributed by atoms with van der Waals surface area (Å²) < 4.78 is 5.33. The van der Waals surface area contributed by atoms with Crippen molar-refractivity contribution >= 4 is 11.0 Å². The van der Waals surface area contributed by atoms with E-state index in [1.807, 2.05) is 24.3 Å². The molecule has 3 aromatic rings. The number of hydrogen-bond donors (Lipinski definition) is 2. The molecule has 2 N–H and O–H groups in total. The Bertz CT molecular complexity index is 685. The Morgan fingerprint density at radius 3 is 2.95 bits per heavy atom. The van der Waals surface area contributed by atoms with E-state index in [1.165, 1.54) is 0 Å². The lowest BCUT2D eigenvalue weighted by Gasteiger charge is -2.05. The van der Waals surface area contributed by atoms with E-state index in [0.717, 1.165) is 29.9 Å². The molecule has 1 atom stereocenters. The summed E-state index contributed by atoms with van der Waals surface area (Å²) in [7, 11) is 0. The quantitative estimate of drug-likeness (QED) is 0.726. The number of aromatic amines is 1. The Morgan fingerprint density at radius 1 is 1.29 bits per heavy atom. The Balaban J connectivity index is 1.71. The number of benzene rings is 1. The molecule has 0 aliphatic heterocycles. The van der Waals surface area contributed by atoms with Crippen LogP contribution >= 0.6 is 0 Å².